The number of morpholine rings is 1. The lowest BCUT2D eigenvalue weighted by Crippen LogP contribution is -2.37. The minimum absolute atomic E-state index is 0.421. The number of benzene rings is 1. The fourth-order valence-electron chi connectivity index (χ4n) is 2.56. The highest BCUT2D eigenvalue weighted by atomic mass is 16.5. The molecule has 1 aliphatic heterocycles. The lowest BCUT2D eigenvalue weighted by Gasteiger charge is -2.32. The van der Waals surface area contributed by atoms with Crippen molar-refractivity contribution >= 4 is 0 Å². The Hall–Kier alpha value is -1.72. The van der Waals surface area contributed by atoms with Crippen LogP contribution in [0.5, 0.6) is 0 Å². The Morgan fingerprint density at radius 1 is 1.15 bits per heavy atom. The fraction of sp³-hybridized carbons (Fsp3) is 0.467. The van der Waals surface area contributed by atoms with E-state index >= 15 is 0 Å². The van der Waals surface area contributed by atoms with E-state index in [1.807, 2.05) is 7.05 Å². The quantitative estimate of drug-likeness (QED) is 0.855. The summed E-state index contributed by atoms with van der Waals surface area (Å²) >= 11 is 0. The van der Waals surface area contributed by atoms with Crippen molar-refractivity contribution in [1.82, 2.24) is 19.7 Å². The first kappa shape index (κ1) is 13.3. The minimum Gasteiger partial charge on any atom is -0.379 e. The van der Waals surface area contributed by atoms with E-state index in [4.69, 9.17) is 4.74 Å². The van der Waals surface area contributed by atoms with Crippen molar-refractivity contribution in [2.24, 2.45) is 7.05 Å². The second kappa shape index (κ2) is 5.73. The van der Waals surface area contributed by atoms with E-state index in [1.54, 1.807) is 11.0 Å². The Morgan fingerprint density at radius 2 is 1.85 bits per heavy atom. The third-order valence-corrected chi connectivity index (χ3v) is 3.84. The Kier molecular flexibility index (Phi) is 3.80. The first-order chi connectivity index (χ1) is 9.74. The van der Waals surface area contributed by atoms with E-state index in [-0.39, 0.29) is 0 Å². The minimum atomic E-state index is 0.421. The molecule has 1 aromatic carbocycles. The third-order valence-electron chi connectivity index (χ3n) is 3.84. The van der Waals surface area contributed by atoms with E-state index in [9.17, 15) is 0 Å². The Labute approximate surface area is 119 Å². The molecule has 0 saturated carbocycles. The summed E-state index contributed by atoms with van der Waals surface area (Å²) in [6.07, 6.45) is 1.72. The van der Waals surface area contributed by atoms with E-state index in [0.717, 1.165) is 37.7 Å². The van der Waals surface area contributed by atoms with Gasteiger partial charge in [0, 0.05) is 31.7 Å². The summed E-state index contributed by atoms with van der Waals surface area (Å²) in [5.41, 5.74) is 2.38. The third kappa shape index (κ3) is 2.73. The maximum atomic E-state index is 5.40. The highest BCUT2D eigenvalue weighted by Gasteiger charge is 2.18. The fourth-order valence-corrected chi connectivity index (χ4v) is 2.56. The van der Waals surface area contributed by atoms with Crippen molar-refractivity contribution in [1.29, 1.82) is 0 Å². The molecule has 5 heteroatoms. The molecule has 0 amide bonds. The van der Waals surface area contributed by atoms with Gasteiger partial charge < -0.3 is 4.74 Å². The number of hydrogen-bond donors (Lipinski definition) is 0. The van der Waals surface area contributed by atoms with Crippen molar-refractivity contribution in [3.05, 3.63) is 36.2 Å². The van der Waals surface area contributed by atoms with Crippen LogP contribution in [0.25, 0.3) is 11.4 Å². The lowest BCUT2D eigenvalue weighted by molar-refractivity contribution is 0.0198. The van der Waals surface area contributed by atoms with Gasteiger partial charge in [0.15, 0.2) is 5.82 Å². The molecule has 1 aliphatic rings. The summed E-state index contributed by atoms with van der Waals surface area (Å²) in [7, 11) is 1.88. The molecule has 0 unspecified atom stereocenters. The van der Waals surface area contributed by atoms with E-state index in [2.05, 4.69) is 46.2 Å². The zero-order valence-corrected chi connectivity index (χ0v) is 12.0. The largest absolute Gasteiger partial charge is 0.379 e. The van der Waals surface area contributed by atoms with Crippen LogP contribution in [0.15, 0.2) is 30.6 Å². The number of nitrogens with zero attached hydrogens (tertiary/aromatic N) is 4. The van der Waals surface area contributed by atoms with Crippen LogP contribution < -0.4 is 0 Å². The van der Waals surface area contributed by atoms with Crippen molar-refractivity contribution in [3.63, 3.8) is 0 Å². The number of hydrogen-bond acceptors (Lipinski definition) is 4. The Morgan fingerprint density at radius 3 is 2.45 bits per heavy atom. The van der Waals surface area contributed by atoms with Gasteiger partial charge in [-0.2, -0.15) is 5.10 Å². The molecule has 0 bridgehead atoms. The summed E-state index contributed by atoms with van der Waals surface area (Å²) in [5.74, 6) is 0.776. The van der Waals surface area contributed by atoms with Crippen LogP contribution in [0.1, 0.15) is 18.5 Å². The number of aryl methyl sites for hydroxylation is 1. The average Bonchev–Trinajstić information content (AvgIpc) is 2.94. The average molecular weight is 272 g/mol. The van der Waals surface area contributed by atoms with Gasteiger partial charge in [-0.3, -0.25) is 9.58 Å². The molecule has 0 aliphatic carbocycles. The van der Waals surface area contributed by atoms with Gasteiger partial charge in [-0.1, -0.05) is 24.3 Å². The summed E-state index contributed by atoms with van der Waals surface area (Å²) < 4.78 is 7.13. The summed E-state index contributed by atoms with van der Waals surface area (Å²) in [6.45, 7) is 5.93. The van der Waals surface area contributed by atoms with Crippen molar-refractivity contribution < 1.29 is 4.74 Å². The van der Waals surface area contributed by atoms with Gasteiger partial charge in [0.25, 0.3) is 0 Å². The Bertz CT molecular complexity index is 558. The molecule has 1 aromatic heterocycles. The molecule has 2 aromatic rings. The van der Waals surface area contributed by atoms with Crippen molar-refractivity contribution in [3.8, 4) is 11.4 Å². The zero-order valence-electron chi connectivity index (χ0n) is 12.0. The molecule has 0 radical (unpaired) electrons. The molecule has 2 heterocycles. The zero-order chi connectivity index (χ0) is 13.9. The van der Waals surface area contributed by atoms with Crippen LogP contribution >= 0.6 is 0 Å². The van der Waals surface area contributed by atoms with Crippen LogP contribution in [0.2, 0.25) is 0 Å². The van der Waals surface area contributed by atoms with E-state index < -0.39 is 0 Å². The maximum Gasteiger partial charge on any atom is 0.181 e. The van der Waals surface area contributed by atoms with Crippen LogP contribution in [0.4, 0.5) is 0 Å². The molecule has 106 valence electrons. The smallest absolute Gasteiger partial charge is 0.181 e. The topological polar surface area (TPSA) is 43.2 Å². The lowest BCUT2D eigenvalue weighted by atomic mass is 10.0. The molecular formula is C15H20N4O. The summed E-state index contributed by atoms with van der Waals surface area (Å²) in [6, 6.07) is 8.96. The Balaban J connectivity index is 1.75. The van der Waals surface area contributed by atoms with Crippen LogP contribution in [-0.2, 0) is 11.8 Å². The molecule has 0 spiro atoms. The first-order valence-electron chi connectivity index (χ1n) is 7.02. The van der Waals surface area contributed by atoms with Gasteiger partial charge in [0.2, 0.25) is 0 Å². The predicted octanol–water partition coefficient (Wildman–Crippen LogP) is 1.88. The highest BCUT2D eigenvalue weighted by molar-refractivity contribution is 5.54. The molecule has 1 saturated heterocycles. The van der Waals surface area contributed by atoms with Crippen LogP contribution in [-0.4, -0.2) is 46.0 Å². The van der Waals surface area contributed by atoms with Gasteiger partial charge in [-0.15, -0.1) is 0 Å². The number of ether oxygens (including phenoxy) is 1. The van der Waals surface area contributed by atoms with E-state index in [1.165, 1.54) is 5.56 Å². The van der Waals surface area contributed by atoms with Gasteiger partial charge in [-0.05, 0) is 12.5 Å². The van der Waals surface area contributed by atoms with Crippen molar-refractivity contribution in [2.75, 3.05) is 26.3 Å². The van der Waals surface area contributed by atoms with Crippen LogP contribution in [0, 0.1) is 0 Å². The van der Waals surface area contributed by atoms with E-state index in [0.29, 0.717) is 6.04 Å². The maximum absolute atomic E-state index is 5.40. The first-order valence-corrected chi connectivity index (χ1v) is 7.02. The normalized spacial score (nSPS) is 18.1. The molecule has 0 N–H and O–H groups in total. The molecule has 1 fully saturated rings. The predicted molar refractivity (Wildman–Crippen MR) is 77.2 cm³/mol. The number of aromatic nitrogens is 3. The molecule has 1 atom stereocenters. The molecular weight excluding hydrogens is 252 g/mol. The van der Waals surface area contributed by atoms with Crippen molar-refractivity contribution in [2.45, 2.75) is 13.0 Å². The van der Waals surface area contributed by atoms with Gasteiger partial charge in [0.1, 0.15) is 6.33 Å². The highest BCUT2D eigenvalue weighted by Crippen LogP contribution is 2.23. The molecule has 20 heavy (non-hydrogen) atoms. The van der Waals surface area contributed by atoms with Crippen LogP contribution in [0.3, 0.4) is 0 Å². The summed E-state index contributed by atoms with van der Waals surface area (Å²) in [5, 5.41) is 4.32. The standard InChI is InChI=1S/C15H20N4O/c1-12(19-7-9-20-10-8-19)13-3-5-14(6-4-13)15-16-11-18(2)17-15/h3-6,11-12H,7-10H2,1-2H3/t12-/m1/s1. The SMILES string of the molecule is C[C@H](c1ccc(-c2ncn(C)n2)cc1)N1CCOCC1. The van der Waals surface area contributed by atoms with Gasteiger partial charge in [-0.25, -0.2) is 4.98 Å². The summed E-state index contributed by atoms with van der Waals surface area (Å²) in [4.78, 5) is 6.73. The second-order valence-electron chi connectivity index (χ2n) is 5.19. The van der Waals surface area contributed by atoms with Gasteiger partial charge >= 0.3 is 0 Å². The molecule has 5 nitrogen and oxygen atoms in total. The number of rotatable bonds is 3. The molecule has 3 rings (SSSR count). The second-order valence-corrected chi connectivity index (χ2v) is 5.19. The van der Waals surface area contributed by atoms with Gasteiger partial charge in [0.05, 0.1) is 13.2 Å². The monoisotopic (exact) mass is 272 g/mol.